The van der Waals surface area contributed by atoms with Crippen LogP contribution < -0.4 is 0 Å². The Hall–Kier alpha value is -0.900. The summed E-state index contributed by atoms with van der Waals surface area (Å²) in [7, 11) is 0. The van der Waals surface area contributed by atoms with Gasteiger partial charge in [0.2, 0.25) is 5.91 Å². The minimum absolute atomic E-state index is 0.00397. The normalized spacial score (nSPS) is 37.8. The van der Waals surface area contributed by atoms with Gasteiger partial charge in [-0.2, -0.15) is 0 Å². The second kappa shape index (κ2) is 6.47. The summed E-state index contributed by atoms with van der Waals surface area (Å²) in [5.41, 5.74) is 0. The summed E-state index contributed by atoms with van der Waals surface area (Å²) in [5.74, 6) is 0.731. The fourth-order valence-electron chi connectivity index (χ4n) is 4.34. The van der Waals surface area contributed by atoms with Crippen molar-refractivity contribution < 1.29 is 14.3 Å². The Morgan fingerprint density at radius 1 is 1.14 bits per heavy atom. The summed E-state index contributed by atoms with van der Waals surface area (Å²) in [6, 6.07) is 0.159. The summed E-state index contributed by atoms with van der Waals surface area (Å²) in [6.45, 7) is 3.52. The van der Waals surface area contributed by atoms with Gasteiger partial charge >= 0.3 is 0 Å². The molecule has 21 heavy (non-hydrogen) atoms. The predicted octanol–water partition coefficient (Wildman–Crippen LogP) is 2.55. The van der Waals surface area contributed by atoms with Crippen molar-refractivity contribution in [2.75, 3.05) is 13.2 Å². The van der Waals surface area contributed by atoms with Crippen LogP contribution in [0.5, 0.6) is 0 Å². The number of hydrogen-bond donors (Lipinski definition) is 0. The van der Waals surface area contributed by atoms with Crippen molar-refractivity contribution in [2.45, 2.75) is 70.4 Å². The minimum atomic E-state index is 0.00397. The summed E-state index contributed by atoms with van der Waals surface area (Å²) >= 11 is 0. The second-order valence-corrected chi connectivity index (χ2v) is 6.88. The molecule has 118 valence electrons. The Morgan fingerprint density at radius 2 is 1.95 bits per heavy atom. The van der Waals surface area contributed by atoms with Crippen LogP contribution in [0.1, 0.15) is 58.3 Å². The lowest BCUT2D eigenvalue weighted by atomic mass is 9.78. The van der Waals surface area contributed by atoms with E-state index in [1.54, 1.807) is 0 Å². The van der Waals surface area contributed by atoms with E-state index in [1.165, 1.54) is 0 Å². The molecule has 1 amide bonds. The second-order valence-electron chi connectivity index (χ2n) is 6.88. The monoisotopic (exact) mass is 293 g/mol. The summed E-state index contributed by atoms with van der Waals surface area (Å²) in [4.78, 5) is 27.2. The highest BCUT2D eigenvalue weighted by molar-refractivity contribution is 5.84. The third-order valence-corrected chi connectivity index (χ3v) is 5.59. The van der Waals surface area contributed by atoms with Gasteiger partial charge in [0.1, 0.15) is 5.78 Å². The molecule has 0 aromatic heterocycles. The maximum Gasteiger partial charge on any atom is 0.228 e. The molecule has 0 aromatic rings. The molecule has 0 spiro atoms. The molecule has 4 atom stereocenters. The number of ketones is 1. The van der Waals surface area contributed by atoms with Gasteiger partial charge in [0.25, 0.3) is 0 Å². The van der Waals surface area contributed by atoms with Gasteiger partial charge in [0, 0.05) is 31.5 Å². The average molecular weight is 293 g/mol. The standard InChI is InChI=1S/C17H27NO3/c1-12-13(9-11-21-12)17(20)18-10-5-4-7-15(18)14-6-2-3-8-16(14)19/h12-15H,2-11H2,1H3. The molecular formula is C17H27NO3. The molecule has 4 nitrogen and oxygen atoms in total. The van der Waals surface area contributed by atoms with Crippen LogP contribution in [0, 0.1) is 11.8 Å². The molecule has 3 aliphatic rings. The maximum atomic E-state index is 12.9. The third-order valence-electron chi connectivity index (χ3n) is 5.59. The van der Waals surface area contributed by atoms with Gasteiger partial charge in [-0.25, -0.2) is 0 Å². The molecule has 0 N–H and O–H groups in total. The number of hydrogen-bond acceptors (Lipinski definition) is 3. The first-order valence-corrected chi connectivity index (χ1v) is 8.63. The number of piperidine rings is 1. The molecule has 0 aromatic carbocycles. The Morgan fingerprint density at radius 3 is 2.67 bits per heavy atom. The number of carbonyl (C=O) groups excluding carboxylic acids is 2. The Kier molecular flexibility index (Phi) is 4.63. The summed E-state index contributed by atoms with van der Waals surface area (Å²) in [5, 5.41) is 0. The molecule has 0 radical (unpaired) electrons. The first kappa shape index (κ1) is 15.0. The number of likely N-dealkylation sites (tertiary alicyclic amines) is 1. The fourth-order valence-corrected chi connectivity index (χ4v) is 4.34. The number of nitrogens with zero attached hydrogens (tertiary/aromatic N) is 1. The van der Waals surface area contributed by atoms with Crippen molar-refractivity contribution in [3.05, 3.63) is 0 Å². The highest BCUT2D eigenvalue weighted by Crippen LogP contribution is 2.34. The van der Waals surface area contributed by atoms with Crippen LogP contribution in [-0.2, 0) is 14.3 Å². The van der Waals surface area contributed by atoms with Crippen molar-refractivity contribution >= 4 is 11.7 Å². The smallest absolute Gasteiger partial charge is 0.228 e. The summed E-state index contributed by atoms with van der Waals surface area (Å²) in [6.07, 6.45) is 7.95. The van der Waals surface area contributed by atoms with Gasteiger partial charge in [0.05, 0.1) is 12.0 Å². The van der Waals surface area contributed by atoms with E-state index < -0.39 is 0 Å². The molecule has 3 fully saturated rings. The van der Waals surface area contributed by atoms with Gasteiger partial charge in [0.15, 0.2) is 0 Å². The zero-order chi connectivity index (χ0) is 14.8. The van der Waals surface area contributed by atoms with Crippen LogP contribution >= 0.6 is 0 Å². The number of ether oxygens (including phenoxy) is 1. The van der Waals surface area contributed by atoms with Crippen molar-refractivity contribution in [1.29, 1.82) is 0 Å². The van der Waals surface area contributed by atoms with Gasteiger partial charge < -0.3 is 9.64 Å². The van der Waals surface area contributed by atoms with Gasteiger partial charge in [-0.05, 0) is 45.4 Å². The van der Waals surface area contributed by atoms with Gasteiger partial charge in [-0.3, -0.25) is 9.59 Å². The lowest BCUT2D eigenvalue weighted by Gasteiger charge is -2.42. The van der Waals surface area contributed by atoms with E-state index in [0.717, 1.165) is 51.5 Å². The van der Waals surface area contributed by atoms with E-state index in [2.05, 4.69) is 0 Å². The van der Waals surface area contributed by atoms with E-state index >= 15 is 0 Å². The molecule has 4 unspecified atom stereocenters. The topological polar surface area (TPSA) is 46.6 Å². The van der Waals surface area contributed by atoms with Crippen LogP contribution in [0.15, 0.2) is 0 Å². The van der Waals surface area contributed by atoms with Crippen LogP contribution in [-0.4, -0.2) is 41.9 Å². The van der Waals surface area contributed by atoms with Crippen molar-refractivity contribution in [3.8, 4) is 0 Å². The van der Waals surface area contributed by atoms with Crippen LogP contribution in [0.3, 0.4) is 0 Å². The lowest BCUT2D eigenvalue weighted by molar-refractivity contribution is -0.144. The van der Waals surface area contributed by atoms with Crippen LogP contribution in [0.2, 0.25) is 0 Å². The molecule has 0 bridgehead atoms. The first-order chi connectivity index (χ1) is 10.2. The van der Waals surface area contributed by atoms with E-state index in [4.69, 9.17) is 4.74 Å². The molecule has 1 aliphatic carbocycles. The van der Waals surface area contributed by atoms with Crippen molar-refractivity contribution in [2.24, 2.45) is 11.8 Å². The number of Topliss-reactive ketones (excluding diaryl/α,β-unsaturated/α-hetero) is 1. The molecule has 3 rings (SSSR count). The Labute approximate surface area is 127 Å². The maximum absolute atomic E-state index is 12.9. The number of carbonyl (C=O) groups is 2. The van der Waals surface area contributed by atoms with Gasteiger partial charge in [-0.1, -0.05) is 6.42 Å². The Bertz CT molecular complexity index is 409. The van der Waals surface area contributed by atoms with Crippen LogP contribution in [0.4, 0.5) is 0 Å². The molecule has 2 saturated heterocycles. The third kappa shape index (κ3) is 3.01. The zero-order valence-corrected chi connectivity index (χ0v) is 13.1. The van der Waals surface area contributed by atoms with Crippen molar-refractivity contribution in [3.63, 3.8) is 0 Å². The fraction of sp³-hybridized carbons (Fsp3) is 0.882. The van der Waals surface area contributed by atoms with Gasteiger partial charge in [-0.15, -0.1) is 0 Å². The zero-order valence-electron chi connectivity index (χ0n) is 13.1. The average Bonchev–Trinajstić information content (AvgIpc) is 2.93. The van der Waals surface area contributed by atoms with E-state index in [1.807, 2.05) is 11.8 Å². The molecule has 1 saturated carbocycles. The first-order valence-electron chi connectivity index (χ1n) is 8.63. The minimum Gasteiger partial charge on any atom is -0.378 e. The number of rotatable bonds is 2. The largest absolute Gasteiger partial charge is 0.378 e. The lowest BCUT2D eigenvalue weighted by Crippen LogP contribution is -2.52. The SMILES string of the molecule is CC1OCCC1C(=O)N1CCCCC1C1CCCCC1=O. The highest BCUT2D eigenvalue weighted by Gasteiger charge is 2.41. The number of amides is 1. The van der Waals surface area contributed by atoms with Crippen molar-refractivity contribution in [1.82, 2.24) is 4.90 Å². The molecule has 4 heteroatoms. The van der Waals surface area contributed by atoms with E-state index in [0.29, 0.717) is 18.8 Å². The molecule has 2 heterocycles. The van der Waals surface area contributed by atoms with Crippen LogP contribution in [0.25, 0.3) is 0 Å². The molecule has 2 aliphatic heterocycles. The van der Waals surface area contributed by atoms with E-state index in [9.17, 15) is 9.59 Å². The summed E-state index contributed by atoms with van der Waals surface area (Å²) < 4.78 is 5.56. The molecular weight excluding hydrogens is 266 g/mol. The van der Waals surface area contributed by atoms with E-state index in [-0.39, 0.29) is 29.9 Å². The highest BCUT2D eigenvalue weighted by atomic mass is 16.5. The Balaban J connectivity index is 1.74. The predicted molar refractivity (Wildman–Crippen MR) is 79.8 cm³/mol. The quantitative estimate of drug-likeness (QED) is 0.786.